The number of ether oxygens (including phenoxy) is 1. The molecule has 4 heterocycles. The third-order valence-electron chi connectivity index (χ3n) is 5.20. The molecule has 0 unspecified atom stereocenters. The quantitative estimate of drug-likeness (QED) is 0.379. The summed E-state index contributed by atoms with van der Waals surface area (Å²) < 4.78 is 5.39. The lowest BCUT2D eigenvalue weighted by Gasteiger charge is -2.26. The Morgan fingerprint density at radius 2 is 1.97 bits per heavy atom. The van der Waals surface area contributed by atoms with Crippen LogP contribution in [0.15, 0.2) is 49.1 Å². The number of hydrogen-bond acceptors (Lipinski definition) is 7. The van der Waals surface area contributed by atoms with Crippen LogP contribution >= 0.6 is 0 Å². The maximum Gasteiger partial charge on any atom is 0.275 e. The van der Waals surface area contributed by atoms with Gasteiger partial charge in [0, 0.05) is 31.5 Å². The van der Waals surface area contributed by atoms with Crippen molar-refractivity contribution in [2.24, 2.45) is 0 Å². The van der Waals surface area contributed by atoms with Gasteiger partial charge in [0.15, 0.2) is 0 Å². The molecule has 0 bridgehead atoms. The molecule has 0 saturated carbocycles. The van der Waals surface area contributed by atoms with Crippen LogP contribution in [0.4, 0.5) is 17.2 Å². The Balaban J connectivity index is 1.26. The number of morpholine rings is 1. The van der Waals surface area contributed by atoms with E-state index in [1.54, 1.807) is 12.4 Å². The first kappa shape index (κ1) is 19.2. The highest BCUT2D eigenvalue weighted by Gasteiger charge is 2.16. The zero-order valence-corrected chi connectivity index (χ0v) is 16.8. The largest absolute Gasteiger partial charge is 0.379 e. The van der Waals surface area contributed by atoms with Gasteiger partial charge in [-0.25, -0.2) is 9.97 Å². The predicted molar refractivity (Wildman–Crippen MR) is 116 cm³/mol. The molecule has 1 aromatic carbocycles. The average Bonchev–Trinajstić information content (AvgIpc) is 3.46. The number of aromatic amines is 2. The molecule has 0 radical (unpaired) electrons. The van der Waals surface area contributed by atoms with Crippen LogP contribution in [0.25, 0.3) is 11.0 Å². The number of fused-ring (bicyclic) bond motifs is 1. The molecule has 0 aliphatic carbocycles. The van der Waals surface area contributed by atoms with Crippen LogP contribution in [-0.4, -0.2) is 62.3 Å². The number of carbonyl (C=O) groups excluding carboxylic acids is 1. The summed E-state index contributed by atoms with van der Waals surface area (Å²) in [6.07, 6.45) is 4.80. The van der Waals surface area contributed by atoms with Crippen LogP contribution in [0, 0.1) is 0 Å². The number of nitrogens with one attached hydrogen (secondary N) is 4. The molecule has 1 aliphatic heterocycles. The highest BCUT2D eigenvalue weighted by Crippen LogP contribution is 2.24. The molecule has 0 atom stereocenters. The number of anilines is 3. The summed E-state index contributed by atoms with van der Waals surface area (Å²) in [6, 6.07) is 9.74. The van der Waals surface area contributed by atoms with Gasteiger partial charge in [0.2, 0.25) is 0 Å². The van der Waals surface area contributed by atoms with E-state index in [1.165, 1.54) is 11.9 Å². The van der Waals surface area contributed by atoms with Crippen LogP contribution in [0.3, 0.4) is 0 Å². The maximum atomic E-state index is 12.8. The van der Waals surface area contributed by atoms with Gasteiger partial charge in [-0.15, -0.1) is 0 Å². The van der Waals surface area contributed by atoms with Crippen molar-refractivity contribution in [3.8, 4) is 0 Å². The first-order chi connectivity index (χ1) is 15.3. The van der Waals surface area contributed by atoms with Crippen molar-refractivity contribution in [2.75, 3.05) is 36.9 Å². The SMILES string of the molecule is O=C(Nc1ccc(CN2CCOCC2)cc1)c1[nH]ncc1Nc1ncnc2[nH]ccc12. The highest BCUT2D eigenvalue weighted by atomic mass is 16.5. The summed E-state index contributed by atoms with van der Waals surface area (Å²) in [5.74, 6) is 0.300. The lowest BCUT2D eigenvalue weighted by atomic mass is 10.2. The summed E-state index contributed by atoms with van der Waals surface area (Å²) in [4.78, 5) is 26.6. The van der Waals surface area contributed by atoms with E-state index in [0.29, 0.717) is 28.5 Å². The van der Waals surface area contributed by atoms with E-state index in [2.05, 4.69) is 40.7 Å². The molecule has 1 aliphatic rings. The standard InChI is InChI=1S/C21H22N8O2/c30-21(26-15-3-1-14(2-4-15)12-29-7-9-31-10-8-29)18-17(11-25-28-18)27-20-16-5-6-22-19(16)23-13-24-20/h1-6,11,13H,7-10,12H2,(H,25,28)(H,26,30)(H2,22,23,24,27). The summed E-state index contributed by atoms with van der Waals surface area (Å²) in [7, 11) is 0. The average molecular weight is 418 g/mol. The zero-order chi connectivity index (χ0) is 21.0. The van der Waals surface area contributed by atoms with E-state index in [0.717, 1.165) is 38.2 Å². The topological polar surface area (TPSA) is 124 Å². The predicted octanol–water partition coefficient (Wildman–Crippen LogP) is 2.51. The molecule has 4 aromatic rings. The second kappa shape index (κ2) is 8.54. The number of rotatable bonds is 6. The molecule has 1 amide bonds. The molecule has 3 aromatic heterocycles. The molecule has 31 heavy (non-hydrogen) atoms. The molecular weight excluding hydrogens is 396 g/mol. The van der Waals surface area contributed by atoms with Crippen molar-refractivity contribution in [3.05, 3.63) is 60.3 Å². The number of nitrogens with zero attached hydrogens (tertiary/aromatic N) is 4. The fourth-order valence-electron chi connectivity index (χ4n) is 3.56. The van der Waals surface area contributed by atoms with Crippen molar-refractivity contribution in [3.63, 3.8) is 0 Å². The molecule has 1 saturated heterocycles. The van der Waals surface area contributed by atoms with Crippen LogP contribution < -0.4 is 10.6 Å². The molecule has 1 fully saturated rings. The second-order valence-electron chi connectivity index (χ2n) is 7.29. The van der Waals surface area contributed by atoms with Crippen molar-refractivity contribution in [1.82, 2.24) is 30.0 Å². The van der Waals surface area contributed by atoms with E-state index in [1.807, 2.05) is 30.3 Å². The Labute approximate surface area is 178 Å². The molecule has 0 spiro atoms. The molecule has 10 heteroatoms. The van der Waals surface area contributed by atoms with E-state index < -0.39 is 0 Å². The van der Waals surface area contributed by atoms with Crippen LogP contribution in [0.5, 0.6) is 0 Å². The third-order valence-corrected chi connectivity index (χ3v) is 5.20. The van der Waals surface area contributed by atoms with Crippen molar-refractivity contribution in [1.29, 1.82) is 0 Å². The molecule has 5 rings (SSSR count). The Kier molecular flexibility index (Phi) is 5.29. The van der Waals surface area contributed by atoms with Gasteiger partial charge < -0.3 is 20.4 Å². The van der Waals surface area contributed by atoms with Crippen LogP contribution in [-0.2, 0) is 11.3 Å². The molecule has 10 nitrogen and oxygen atoms in total. The van der Waals surface area contributed by atoms with Crippen molar-refractivity contribution < 1.29 is 9.53 Å². The number of hydrogen-bond donors (Lipinski definition) is 4. The highest BCUT2D eigenvalue weighted by molar-refractivity contribution is 6.07. The Bertz CT molecular complexity index is 1180. The molecule has 158 valence electrons. The van der Waals surface area contributed by atoms with Gasteiger partial charge in [0.25, 0.3) is 5.91 Å². The van der Waals surface area contributed by atoms with Gasteiger partial charge in [0.1, 0.15) is 23.5 Å². The smallest absolute Gasteiger partial charge is 0.275 e. The van der Waals surface area contributed by atoms with Crippen LogP contribution in [0.2, 0.25) is 0 Å². The maximum absolute atomic E-state index is 12.8. The first-order valence-electron chi connectivity index (χ1n) is 10.0. The summed E-state index contributed by atoms with van der Waals surface area (Å²) in [5, 5.41) is 13.7. The Hall–Kier alpha value is -3.76. The number of aromatic nitrogens is 5. The lowest BCUT2D eigenvalue weighted by Crippen LogP contribution is -2.35. The van der Waals surface area contributed by atoms with Crippen molar-refractivity contribution in [2.45, 2.75) is 6.54 Å². The van der Waals surface area contributed by atoms with Crippen LogP contribution in [0.1, 0.15) is 16.1 Å². The van der Waals surface area contributed by atoms with Gasteiger partial charge in [-0.2, -0.15) is 5.10 Å². The van der Waals surface area contributed by atoms with Gasteiger partial charge >= 0.3 is 0 Å². The number of amides is 1. The zero-order valence-electron chi connectivity index (χ0n) is 16.8. The fourth-order valence-corrected chi connectivity index (χ4v) is 3.56. The number of H-pyrrole nitrogens is 2. The minimum absolute atomic E-state index is 0.291. The summed E-state index contributed by atoms with van der Waals surface area (Å²) in [5.41, 5.74) is 3.47. The van der Waals surface area contributed by atoms with Gasteiger partial charge in [0.05, 0.1) is 30.5 Å². The molecular formula is C21H22N8O2. The summed E-state index contributed by atoms with van der Waals surface area (Å²) >= 11 is 0. The van der Waals surface area contributed by atoms with E-state index in [-0.39, 0.29) is 5.91 Å². The van der Waals surface area contributed by atoms with Gasteiger partial charge in [-0.3, -0.25) is 14.8 Å². The fraction of sp³-hybridized carbons (Fsp3) is 0.238. The Morgan fingerprint density at radius 3 is 2.81 bits per heavy atom. The van der Waals surface area contributed by atoms with E-state index in [4.69, 9.17) is 4.74 Å². The summed E-state index contributed by atoms with van der Waals surface area (Å²) in [6.45, 7) is 4.31. The second-order valence-corrected chi connectivity index (χ2v) is 7.29. The van der Waals surface area contributed by atoms with E-state index >= 15 is 0 Å². The number of benzene rings is 1. The minimum Gasteiger partial charge on any atom is -0.379 e. The Morgan fingerprint density at radius 1 is 1.13 bits per heavy atom. The van der Waals surface area contributed by atoms with Gasteiger partial charge in [-0.05, 0) is 23.8 Å². The normalized spacial score (nSPS) is 14.6. The van der Waals surface area contributed by atoms with Gasteiger partial charge in [-0.1, -0.05) is 12.1 Å². The lowest BCUT2D eigenvalue weighted by molar-refractivity contribution is 0.0342. The monoisotopic (exact) mass is 418 g/mol. The molecule has 4 N–H and O–H groups in total. The third kappa shape index (κ3) is 4.25. The minimum atomic E-state index is -0.291. The van der Waals surface area contributed by atoms with Crippen molar-refractivity contribution >= 4 is 34.1 Å². The van der Waals surface area contributed by atoms with E-state index in [9.17, 15) is 4.79 Å². The first-order valence-corrected chi connectivity index (χ1v) is 10.0. The number of carbonyl (C=O) groups is 1.